The minimum absolute atomic E-state index is 0.269. The van der Waals surface area contributed by atoms with Crippen molar-refractivity contribution in [2.75, 3.05) is 13.1 Å². The molecule has 1 aliphatic rings. The molecular weight excluding hydrogens is 207 g/mol. The predicted molar refractivity (Wildman–Crippen MR) is 57.6 cm³/mol. The van der Waals surface area contributed by atoms with Crippen molar-refractivity contribution in [1.82, 2.24) is 19.9 Å². The van der Waals surface area contributed by atoms with Crippen molar-refractivity contribution in [1.29, 1.82) is 0 Å². The van der Waals surface area contributed by atoms with E-state index in [1.165, 1.54) is 18.6 Å². The van der Waals surface area contributed by atoms with E-state index in [9.17, 15) is 4.39 Å². The van der Waals surface area contributed by atoms with Gasteiger partial charge >= 0.3 is 0 Å². The van der Waals surface area contributed by atoms with Crippen LogP contribution in [0.15, 0.2) is 18.3 Å². The summed E-state index contributed by atoms with van der Waals surface area (Å²) < 4.78 is 14.8. The Bertz CT molecular complexity index is 502. The fraction of sp³-hybridized carbons (Fsp3) is 0.455. The third kappa shape index (κ3) is 1.67. The number of hydrogen-bond donors (Lipinski definition) is 1. The molecule has 5 heteroatoms. The second kappa shape index (κ2) is 3.83. The first kappa shape index (κ1) is 9.72. The quantitative estimate of drug-likeness (QED) is 0.821. The Morgan fingerprint density at radius 3 is 3.25 bits per heavy atom. The molecule has 3 rings (SSSR count). The summed E-state index contributed by atoms with van der Waals surface area (Å²) in [6, 6.07) is 2.84. The Labute approximate surface area is 92.5 Å². The summed E-state index contributed by atoms with van der Waals surface area (Å²) in [5.41, 5.74) is 0.584. The standard InChI is InChI=1S/C11H13FN4/c12-9-2-4-16-10(14-15-11(16)6-9)5-8-1-3-13-7-8/h2,4,6,8,13H,1,3,5,7H2. The van der Waals surface area contributed by atoms with Gasteiger partial charge in [0.05, 0.1) is 0 Å². The van der Waals surface area contributed by atoms with E-state index in [2.05, 4.69) is 15.5 Å². The summed E-state index contributed by atoms with van der Waals surface area (Å²) in [7, 11) is 0. The summed E-state index contributed by atoms with van der Waals surface area (Å²) in [6.45, 7) is 2.12. The largest absolute Gasteiger partial charge is 0.316 e. The normalized spacial score (nSPS) is 20.7. The Kier molecular flexibility index (Phi) is 2.32. The van der Waals surface area contributed by atoms with Gasteiger partial charge in [-0.25, -0.2) is 4.39 Å². The van der Waals surface area contributed by atoms with Crippen molar-refractivity contribution in [3.63, 3.8) is 0 Å². The van der Waals surface area contributed by atoms with Crippen LogP contribution < -0.4 is 5.32 Å². The van der Waals surface area contributed by atoms with Gasteiger partial charge in [0.25, 0.3) is 0 Å². The van der Waals surface area contributed by atoms with Crippen LogP contribution in [0.2, 0.25) is 0 Å². The molecule has 1 saturated heterocycles. The number of pyridine rings is 1. The predicted octanol–water partition coefficient (Wildman–Crippen LogP) is 1.02. The van der Waals surface area contributed by atoms with E-state index in [0.29, 0.717) is 11.6 Å². The van der Waals surface area contributed by atoms with Crippen molar-refractivity contribution < 1.29 is 4.39 Å². The Morgan fingerprint density at radius 2 is 2.44 bits per heavy atom. The smallest absolute Gasteiger partial charge is 0.163 e. The zero-order chi connectivity index (χ0) is 11.0. The van der Waals surface area contributed by atoms with Crippen molar-refractivity contribution in [3.05, 3.63) is 30.0 Å². The first-order chi connectivity index (χ1) is 7.83. The van der Waals surface area contributed by atoms with Crippen LogP contribution in [0.5, 0.6) is 0 Å². The lowest BCUT2D eigenvalue weighted by molar-refractivity contribution is 0.557. The van der Waals surface area contributed by atoms with Crippen molar-refractivity contribution in [2.24, 2.45) is 5.92 Å². The van der Waals surface area contributed by atoms with Crippen LogP contribution in [0.1, 0.15) is 12.2 Å². The van der Waals surface area contributed by atoms with Crippen LogP contribution in [0.25, 0.3) is 5.65 Å². The van der Waals surface area contributed by atoms with Gasteiger partial charge in [-0.3, -0.25) is 4.40 Å². The fourth-order valence-electron chi connectivity index (χ4n) is 2.20. The molecule has 0 saturated carbocycles. The molecule has 4 nitrogen and oxygen atoms in total. The monoisotopic (exact) mass is 220 g/mol. The molecule has 0 amide bonds. The highest BCUT2D eigenvalue weighted by Crippen LogP contribution is 2.15. The molecule has 1 N–H and O–H groups in total. The molecule has 0 radical (unpaired) electrons. The number of halogens is 1. The minimum atomic E-state index is -0.269. The zero-order valence-corrected chi connectivity index (χ0v) is 8.86. The van der Waals surface area contributed by atoms with Gasteiger partial charge < -0.3 is 5.32 Å². The number of rotatable bonds is 2. The molecule has 1 fully saturated rings. The van der Waals surface area contributed by atoms with Crippen LogP contribution >= 0.6 is 0 Å². The first-order valence-corrected chi connectivity index (χ1v) is 5.53. The van der Waals surface area contributed by atoms with Gasteiger partial charge in [-0.2, -0.15) is 0 Å². The molecule has 1 unspecified atom stereocenters. The van der Waals surface area contributed by atoms with Crippen LogP contribution in [0.4, 0.5) is 4.39 Å². The lowest BCUT2D eigenvalue weighted by Crippen LogP contribution is -2.12. The topological polar surface area (TPSA) is 42.2 Å². The molecule has 2 aromatic rings. The van der Waals surface area contributed by atoms with E-state index in [1.54, 1.807) is 6.20 Å². The maximum absolute atomic E-state index is 13.0. The third-order valence-electron chi connectivity index (χ3n) is 3.08. The van der Waals surface area contributed by atoms with Gasteiger partial charge in [0.1, 0.15) is 11.6 Å². The Hall–Kier alpha value is -1.49. The number of nitrogens with zero attached hydrogens (tertiary/aromatic N) is 3. The lowest BCUT2D eigenvalue weighted by atomic mass is 10.1. The number of fused-ring (bicyclic) bond motifs is 1. The van der Waals surface area contributed by atoms with E-state index in [0.717, 1.165) is 25.3 Å². The van der Waals surface area contributed by atoms with Gasteiger partial charge in [0, 0.05) is 18.7 Å². The van der Waals surface area contributed by atoms with E-state index in [1.807, 2.05) is 4.40 Å². The molecule has 0 bridgehead atoms. The average molecular weight is 220 g/mol. The molecule has 0 aliphatic carbocycles. The molecule has 3 heterocycles. The second-order valence-corrected chi connectivity index (χ2v) is 4.25. The maximum Gasteiger partial charge on any atom is 0.163 e. The highest BCUT2D eigenvalue weighted by molar-refractivity contribution is 5.37. The SMILES string of the molecule is Fc1ccn2c(CC3CCNC3)nnc2c1. The minimum Gasteiger partial charge on any atom is -0.316 e. The van der Waals surface area contributed by atoms with Crippen molar-refractivity contribution in [3.8, 4) is 0 Å². The molecule has 1 aliphatic heterocycles. The summed E-state index contributed by atoms with van der Waals surface area (Å²) in [6.07, 6.45) is 3.78. The molecule has 84 valence electrons. The van der Waals surface area contributed by atoms with E-state index in [-0.39, 0.29) is 5.82 Å². The third-order valence-corrected chi connectivity index (χ3v) is 3.08. The highest BCUT2D eigenvalue weighted by Gasteiger charge is 2.17. The lowest BCUT2D eigenvalue weighted by Gasteiger charge is -2.05. The molecule has 1 atom stereocenters. The summed E-state index contributed by atoms with van der Waals surface area (Å²) >= 11 is 0. The molecule has 0 spiro atoms. The Balaban J connectivity index is 1.91. The molecule has 16 heavy (non-hydrogen) atoms. The number of hydrogen-bond acceptors (Lipinski definition) is 3. The summed E-state index contributed by atoms with van der Waals surface area (Å²) in [4.78, 5) is 0. The van der Waals surface area contributed by atoms with Gasteiger partial charge in [0.15, 0.2) is 5.65 Å². The second-order valence-electron chi connectivity index (χ2n) is 4.25. The fourth-order valence-corrected chi connectivity index (χ4v) is 2.20. The van der Waals surface area contributed by atoms with Gasteiger partial charge in [-0.15, -0.1) is 10.2 Å². The summed E-state index contributed by atoms with van der Waals surface area (Å²) in [5.74, 6) is 1.27. The van der Waals surface area contributed by atoms with Crippen LogP contribution in [-0.4, -0.2) is 27.7 Å². The average Bonchev–Trinajstić information content (AvgIpc) is 2.89. The van der Waals surface area contributed by atoms with E-state index >= 15 is 0 Å². The van der Waals surface area contributed by atoms with Crippen LogP contribution in [-0.2, 0) is 6.42 Å². The molecular formula is C11H13FN4. The van der Waals surface area contributed by atoms with Crippen molar-refractivity contribution >= 4 is 5.65 Å². The van der Waals surface area contributed by atoms with E-state index < -0.39 is 0 Å². The first-order valence-electron chi connectivity index (χ1n) is 5.53. The highest BCUT2D eigenvalue weighted by atomic mass is 19.1. The number of nitrogens with one attached hydrogen (secondary N) is 1. The molecule has 2 aromatic heterocycles. The Morgan fingerprint density at radius 1 is 1.50 bits per heavy atom. The van der Waals surface area contributed by atoms with Crippen LogP contribution in [0, 0.1) is 11.7 Å². The van der Waals surface area contributed by atoms with Gasteiger partial charge in [-0.05, 0) is 31.5 Å². The van der Waals surface area contributed by atoms with E-state index in [4.69, 9.17) is 0 Å². The molecule has 0 aromatic carbocycles. The maximum atomic E-state index is 13.0. The zero-order valence-electron chi connectivity index (χ0n) is 8.86. The van der Waals surface area contributed by atoms with Gasteiger partial charge in [-0.1, -0.05) is 0 Å². The van der Waals surface area contributed by atoms with Crippen molar-refractivity contribution in [2.45, 2.75) is 12.8 Å². The van der Waals surface area contributed by atoms with Gasteiger partial charge in [0.2, 0.25) is 0 Å². The van der Waals surface area contributed by atoms with Crippen LogP contribution in [0.3, 0.4) is 0 Å². The number of aromatic nitrogens is 3. The summed E-state index contributed by atoms with van der Waals surface area (Å²) in [5, 5.41) is 11.4.